The molecule has 1 unspecified atom stereocenters. The second-order valence-electron chi connectivity index (χ2n) is 1.23. The SMILES string of the molecule is CC(Cl)OP(=O)(OCl)OCl. The van der Waals surface area contributed by atoms with Gasteiger partial charge in [-0.1, -0.05) is 11.6 Å². The maximum Gasteiger partial charge on any atom is 0.509 e. The molecule has 62 valence electrons. The Labute approximate surface area is 73.2 Å². The zero-order valence-electron chi connectivity index (χ0n) is 4.79. The summed E-state index contributed by atoms with van der Waals surface area (Å²) in [5, 5.41) is 0. The molecule has 8 heteroatoms. The van der Waals surface area contributed by atoms with E-state index in [1.807, 2.05) is 0 Å². The van der Waals surface area contributed by atoms with Crippen LogP contribution in [0.3, 0.4) is 0 Å². The van der Waals surface area contributed by atoms with Crippen LogP contribution in [0.4, 0.5) is 0 Å². The van der Waals surface area contributed by atoms with E-state index in [2.05, 4.69) is 12.7 Å². The third-order valence-electron chi connectivity index (χ3n) is 0.443. The van der Waals surface area contributed by atoms with Crippen molar-refractivity contribution in [2.75, 3.05) is 0 Å². The number of phosphoric acid groups is 1. The molecule has 4 nitrogen and oxygen atoms in total. The summed E-state index contributed by atoms with van der Waals surface area (Å²) in [5.74, 6) is 0. The van der Waals surface area contributed by atoms with E-state index >= 15 is 0 Å². The van der Waals surface area contributed by atoms with Crippen LogP contribution in [-0.2, 0) is 17.2 Å². The van der Waals surface area contributed by atoms with E-state index in [1.165, 1.54) is 6.92 Å². The summed E-state index contributed by atoms with van der Waals surface area (Å²) in [6.07, 6.45) is 0. The van der Waals surface area contributed by atoms with Gasteiger partial charge in [0.05, 0.1) is 23.7 Å². The Hall–Kier alpha value is 0.980. The number of hydrogen-bond donors (Lipinski definition) is 0. The Balaban J connectivity index is 3.94. The van der Waals surface area contributed by atoms with E-state index in [0.29, 0.717) is 0 Å². The number of hydrogen-bond acceptors (Lipinski definition) is 4. The van der Waals surface area contributed by atoms with Gasteiger partial charge in [-0.25, -0.2) is 4.57 Å². The molecule has 1 atom stereocenters. The Morgan fingerprint density at radius 1 is 1.40 bits per heavy atom. The summed E-state index contributed by atoms with van der Waals surface area (Å²) in [4.78, 5) is 0. The van der Waals surface area contributed by atoms with Crippen molar-refractivity contribution in [1.82, 2.24) is 0 Å². The Bertz CT molecular complexity index is 130. The minimum atomic E-state index is -3.84. The van der Waals surface area contributed by atoms with Crippen LogP contribution < -0.4 is 0 Å². The molecule has 0 N–H and O–H groups in total. The largest absolute Gasteiger partial charge is 0.509 e. The van der Waals surface area contributed by atoms with Crippen LogP contribution in [0.2, 0.25) is 0 Å². The fourth-order valence-electron chi connectivity index (χ4n) is 0.221. The molecular formula is C2H4Cl3O4P. The van der Waals surface area contributed by atoms with Crippen LogP contribution in [0.1, 0.15) is 6.92 Å². The van der Waals surface area contributed by atoms with Crippen LogP contribution >= 0.6 is 43.2 Å². The first-order chi connectivity index (χ1) is 4.54. The average molecular weight is 229 g/mol. The minimum Gasteiger partial charge on any atom is -0.266 e. The molecule has 0 rings (SSSR count). The van der Waals surface area contributed by atoms with Gasteiger partial charge in [-0.05, 0) is 6.92 Å². The zero-order valence-corrected chi connectivity index (χ0v) is 7.95. The first-order valence-electron chi connectivity index (χ1n) is 2.07. The van der Waals surface area contributed by atoms with E-state index in [1.54, 1.807) is 0 Å². The van der Waals surface area contributed by atoms with Gasteiger partial charge in [0, 0.05) is 0 Å². The second-order valence-corrected chi connectivity index (χ2v) is 4.06. The van der Waals surface area contributed by atoms with Gasteiger partial charge in [-0.3, -0.25) is 4.52 Å². The molecule has 0 bridgehead atoms. The standard InChI is InChI=1S/C2H4Cl3O4P/c1-2(3)7-10(6,8-4)9-5/h2H,1H3. The topological polar surface area (TPSA) is 44.8 Å². The van der Waals surface area contributed by atoms with E-state index in [-0.39, 0.29) is 0 Å². The maximum atomic E-state index is 10.7. The summed E-state index contributed by atoms with van der Waals surface area (Å²) in [6.45, 7) is 1.40. The van der Waals surface area contributed by atoms with Crippen molar-refractivity contribution in [3.63, 3.8) is 0 Å². The van der Waals surface area contributed by atoms with Gasteiger partial charge in [0.2, 0.25) is 0 Å². The molecule has 0 spiro atoms. The lowest BCUT2D eigenvalue weighted by Crippen LogP contribution is -1.97. The molecule has 0 amide bonds. The lowest BCUT2D eigenvalue weighted by Gasteiger charge is -2.09. The highest BCUT2D eigenvalue weighted by Gasteiger charge is 2.28. The van der Waals surface area contributed by atoms with E-state index in [0.717, 1.165) is 0 Å². The molecule has 0 aliphatic carbocycles. The van der Waals surface area contributed by atoms with Gasteiger partial charge in [0.1, 0.15) is 5.56 Å². The van der Waals surface area contributed by atoms with Crippen molar-refractivity contribution in [2.45, 2.75) is 12.5 Å². The third-order valence-corrected chi connectivity index (χ3v) is 2.58. The quantitative estimate of drug-likeness (QED) is 0.549. The third kappa shape index (κ3) is 3.98. The molecule has 0 heterocycles. The molecule has 0 aliphatic heterocycles. The van der Waals surface area contributed by atoms with Crippen molar-refractivity contribution in [1.29, 1.82) is 0 Å². The molecule has 0 aromatic rings. The Morgan fingerprint density at radius 3 is 1.90 bits per heavy atom. The molecule has 0 aliphatic rings. The first-order valence-corrected chi connectivity index (χ1v) is 4.58. The summed E-state index contributed by atoms with van der Waals surface area (Å²) in [6, 6.07) is 0. The fourth-order valence-corrected chi connectivity index (χ4v) is 1.41. The van der Waals surface area contributed by atoms with Gasteiger partial charge in [0.25, 0.3) is 0 Å². The summed E-state index contributed by atoms with van der Waals surface area (Å²) >= 11 is 14.6. The fraction of sp³-hybridized carbons (Fsp3) is 1.00. The van der Waals surface area contributed by atoms with Crippen LogP contribution in [0.5, 0.6) is 0 Å². The molecule has 0 saturated heterocycles. The minimum absolute atomic E-state index is 0.858. The summed E-state index contributed by atoms with van der Waals surface area (Å²) in [5.41, 5.74) is -0.858. The second kappa shape index (κ2) is 4.78. The van der Waals surface area contributed by atoms with Crippen LogP contribution in [0, 0.1) is 0 Å². The summed E-state index contributed by atoms with van der Waals surface area (Å²) < 4.78 is 22.6. The highest BCUT2D eigenvalue weighted by molar-refractivity contribution is 7.50. The molecule has 10 heavy (non-hydrogen) atoms. The number of rotatable bonds is 4. The molecular weight excluding hydrogens is 225 g/mol. The van der Waals surface area contributed by atoms with Crippen LogP contribution in [0.25, 0.3) is 0 Å². The normalized spacial score (nSPS) is 15.2. The van der Waals surface area contributed by atoms with Gasteiger partial charge in [0.15, 0.2) is 0 Å². The van der Waals surface area contributed by atoms with Gasteiger partial charge in [-0.15, -0.1) is 0 Å². The van der Waals surface area contributed by atoms with Crippen molar-refractivity contribution < 1.29 is 17.2 Å². The first kappa shape index (κ1) is 11.0. The monoisotopic (exact) mass is 228 g/mol. The van der Waals surface area contributed by atoms with Gasteiger partial charge >= 0.3 is 7.82 Å². The predicted molar refractivity (Wildman–Crippen MR) is 37.9 cm³/mol. The van der Waals surface area contributed by atoms with E-state index < -0.39 is 13.4 Å². The van der Waals surface area contributed by atoms with Crippen LogP contribution in [0.15, 0.2) is 0 Å². The highest BCUT2D eigenvalue weighted by Crippen LogP contribution is 2.53. The van der Waals surface area contributed by atoms with E-state index in [9.17, 15) is 4.57 Å². The van der Waals surface area contributed by atoms with E-state index in [4.69, 9.17) is 35.3 Å². The number of halogens is 3. The smallest absolute Gasteiger partial charge is 0.266 e. The van der Waals surface area contributed by atoms with Gasteiger partial charge < -0.3 is 0 Å². The Morgan fingerprint density at radius 2 is 1.80 bits per heavy atom. The van der Waals surface area contributed by atoms with Crippen molar-refractivity contribution in [3.8, 4) is 0 Å². The highest BCUT2D eigenvalue weighted by atomic mass is 35.5. The van der Waals surface area contributed by atoms with Crippen molar-refractivity contribution in [2.24, 2.45) is 0 Å². The lowest BCUT2D eigenvalue weighted by molar-refractivity contribution is 0.209. The predicted octanol–water partition coefficient (Wildman–Crippen LogP) is 3.04. The molecule has 0 fully saturated rings. The Kier molecular flexibility index (Phi) is 5.24. The lowest BCUT2D eigenvalue weighted by atomic mass is 10.9. The van der Waals surface area contributed by atoms with Gasteiger partial charge in [-0.2, -0.15) is 8.15 Å². The molecule has 0 radical (unpaired) electrons. The average Bonchev–Trinajstić information content (AvgIpc) is 1.87. The van der Waals surface area contributed by atoms with Crippen molar-refractivity contribution in [3.05, 3.63) is 0 Å². The molecule has 0 aromatic carbocycles. The number of alkyl halides is 1. The summed E-state index contributed by atoms with van der Waals surface area (Å²) in [7, 11) is -3.84. The zero-order chi connectivity index (χ0) is 8.20. The van der Waals surface area contributed by atoms with Crippen molar-refractivity contribution >= 4 is 43.2 Å². The maximum absolute atomic E-state index is 10.7. The molecule has 0 saturated carbocycles. The van der Waals surface area contributed by atoms with Crippen LogP contribution in [-0.4, -0.2) is 5.56 Å². The molecule has 0 aromatic heterocycles.